The van der Waals surface area contributed by atoms with Crippen molar-refractivity contribution in [3.05, 3.63) is 53.1 Å². The van der Waals surface area contributed by atoms with E-state index in [0.717, 1.165) is 5.56 Å². The van der Waals surface area contributed by atoms with Crippen LogP contribution in [0.5, 0.6) is 0 Å². The quantitative estimate of drug-likeness (QED) is 0.862. The Morgan fingerprint density at radius 1 is 1.24 bits per heavy atom. The highest BCUT2D eigenvalue weighted by molar-refractivity contribution is 7.89. The summed E-state index contributed by atoms with van der Waals surface area (Å²) < 4.78 is 27.0. The van der Waals surface area contributed by atoms with Crippen LogP contribution in [-0.2, 0) is 23.2 Å². The highest BCUT2D eigenvalue weighted by Crippen LogP contribution is 2.15. The normalized spacial score (nSPS) is 11.6. The number of aliphatic hydroxyl groups excluding tert-OH is 1. The van der Waals surface area contributed by atoms with Gasteiger partial charge in [-0.05, 0) is 43.2 Å². The number of aromatic nitrogens is 2. The lowest BCUT2D eigenvalue weighted by Gasteiger charge is -2.09. The molecule has 0 bridgehead atoms. The third-order valence-electron chi connectivity index (χ3n) is 3.08. The molecule has 1 aromatic carbocycles. The Hall–Kier alpha value is -1.83. The Morgan fingerprint density at radius 2 is 2.00 bits per heavy atom. The minimum atomic E-state index is -3.64. The van der Waals surface area contributed by atoms with Crippen molar-refractivity contribution in [2.45, 2.75) is 31.9 Å². The van der Waals surface area contributed by atoms with E-state index < -0.39 is 10.0 Å². The molecule has 0 aliphatic rings. The molecule has 0 unspecified atom stereocenters. The lowest BCUT2D eigenvalue weighted by molar-refractivity contribution is 0.280. The molecular formula is C14H17N3O3S. The molecule has 0 spiro atoms. The van der Waals surface area contributed by atoms with E-state index in [9.17, 15) is 13.5 Å². The number of hydrogen-bond donors (Lipinski definition) is 2. The van der Waals surface area contributed by atoms with Gasteiger partial charge in [0, 0.05) is 6.20 Å². The van der Waals surface area contributed by atoms with Gasteiger partial charge in [0.05, 0.1) is 23.7 Å². The van der Waals surface area contributed by atoms with Gasteiger partial charge < -0.3 is 5.11 Å². The number of benzene rings is 1. The zero-order valence-corrected chi connectivity index (χ0v) is 12.7. The Morgan fingerprint density at radius 3 is 2.67 bits per heavy atom. The van der Waals surface area contributed by atoms with Crippen LogP contribution in [-0.4, -0.2) is 23.5 Å². The van der Waals surface area contributed by atoms with Crippen molar-refractivity contribution in [2.24, 2.45) is 0 Å². The number of nitrogens with one attached hydrogen (secondary N) is 1. The van der Waals surface area contributed by atoms with Crippen LogP contribution in [0.1, 0.15) is 22.6 Å². The van der Waals surface area contributed by atoms with Crippen molar-refractivity contribution >= 4 is 10.0 Å². The SMILES string of the molecule is Cc1nccc(CNS(=O)(=O)c2ccc(C)c(CO)c2)n1. The maximum absolute atomic E-state index is 12.2. The molecule has 0 fully saturated rings. The van der Waals surface area contributed by atoms with E-state index in [4.69, 9.17) is 0 Å². The number of hydrogen-bond acceptors (Lipinski definition) is 5. The van der Waals surface area contributed by atoms with Crippen molar-refractivity contribution in [2.75, 3.05) is 0 Å². The predicted molar refractivity (Wildman–Crippen MR) is 77.9 cm³/mol. The first kappa shape index (κ1) is 15.6. The molecule has 2 rings (SSSR count). The van der Waals surface area contributed by atoms with E-state index in [1.54, 1.807) is 25.3 Å². The first-order valence-electron chi connectivity index (χ1n) is 6.41. The molecule has 112 valence electrons. The first-order chi connectivity index (χ1) is 9.92. The Balaban J connectivity index is 2.18. The molecular weight excluding hydrogens is 290 g/mol. The fourth-order valence-electron chi connectivity index (χ4n) is 1.84. The van der Waals surface area contributed by atoms with Crippen molar-refractivity contribution in [3.8, 4) is 0 Å². The Kier molecular flexibility index (Phi) is 4.66. The number of aliphatic hydroxyl groups is 1. The van der Waals surface area contributed by atoms with Crippen LogP contribution >= 0.6 is 0 Å². The van der Waals surface area contributed by atoms with Crippen molar-refractivity contribution in [3.63, 3.8) is 0 Å². The summed E-state index contributed by atoms with van der Waals surface area (Å²) in [6.45, 7) is 3.46. The molecule has 0 atom stereocenters. The van der Waals surface area contributed by atoms with E-state index in [2.05, 4.69) is 14.7 Å². The number of nitrogens with zero attached hydrogens (tertiary/aromatic N) is 2. The fraction of sp³-hybridized carbons (Fsp3) is 0.286. The molecule has 0 amide bonds. The summed E-state index contributed by atoms with van der Waals surface area (Å²) in [4.78, 5) is 8.23. The van der Waals surface area contributed by atoms with Gasteiger partial charge in [0.15, 0.2) is 0 Å². The largest absolute Gasteiger partial charge is 0.392 e. The van der Waals surface area contributed by atoms with Gasteiger partial charge in [0.1, 0.15) is 5.82 Å². The molecule has 2 aromatic rings. The zero-order valence-electron chi connectivity index (χ0n) is 11.9. The third kappa shape index (κ3) is 3.84. The van der Waals surface area contributed by atoms with Crippen LogP contribution in [0.15, 0.2) is 35.4 Å². The molecule has 0 saturated heterocycles. The van der Waals surface area contributed by atoms with Crippen LogP contribution in [0.4, 0.5) is 0 Å². The summed E-state index contributed by atoms with van der Waals surface area (Å²) in [6.07, 6.45) is 1.59. The molecule has 0 aliphatic carbocycles. The van der Waals surface area contributed by atoms with Crippen LogP contribution in [0.3, 0.4) is 0 Å². The van der Waals surface area contributed by atoms with E-state index in [0.29, 0.717) is 17.1 Å². The first-order valence-corrected chi connectivity index (χ1v) is 7.89. The van der Waals surface area contributed by atoms with Gasteiger partial charge in [-0.15, -0.1) is 0 Å². The van der Waals surface area contributed by atoms with Crippen LogP contribution in [0, 0.1) is 13.8 Å². The van der Waals surface area contributed by atoms with Crippen molar-refractivity contribution in [1.29, 1.82) is 0 Å². The monoisotopic (exact) mass is 307 g/mol. The summed E-state index contributed by atoms with van der Waals surface area (Å²) in [5, 5.41) is 9.21. The second kappa shape index (κ2) is 6.30. The number of aryl methyl sites for hydroxylation is 2. The van der Waals surface area contributed by atoms with Crippen LogP contribution < -0.4 is 4.72 Å². The molecule has 6 nitrogen and oxygen atoms in total. The summed E-state index contributed by atoms with van der Waals surface area (Å²) in [5.41, 5.74) is 2.04. The smallest absolute Gasteiger partial charge is 0.240 e. The third-order valence-corrected chi connectivity index (χ3v) is 4.48. The van der Waals surface area contributed by atoms with E-state index in [-0.39, 0.29) is 18.0 Å². The highest BCUT2D eigenvalue weighted by atomic mass is 32.2. The highest BCUT2D eigenvalue weighted by Gasteiger charge is 2.15. The summed E-state index contributed by atoms with van der Waals surface area (Å²) in [7, 11) is -3.64. The molecule has 0 radical (unpaired) electrons. The second-order valence-electron chi connectivity index (χ2n) is 4.67. The summed E-state index contributed by atoms with van der Waals surface area (Å²) in [5.74, 6) is 0.588. The van der Waals surface area contributed by atoms with Crippen LogP contribution in [0.2, 0.25) is 0 Å². The topological polar surface area (TPSA) is 92.2 Å². The van der Waals surface area contributed by atoms with Gasteiger partial charge in [-0.2, -0.15) is 0 Å². The van der Waals surface area contributed by atoms with E-state index in [1.165, 1.54) is 12.1 Å². The van der Waals surface area contributed by atoms with Crippen molar-refractivity contribution < 1.29 is 13.5 Å². The van der Waals surface area contributed by atoms with Crippen LogP contribution in [0.25, 0.3) is 0 Å². The number of rotatable bonds is 5. The summed E-state index contributed by atoms with van der Waals surface area (Å²) >= 11 is 0. The summed E-state index contributed by atoms with van der Waals surface area (Å²) in [6, 6.07) is 6.32. The Labute approximate surface area is 123 Å². The lowest BCUT2D eigenvalue weighted by atomic mass is 10.1. The van der Waals surface area contributed by atoms with E-state index in [1.807, 2.05) is 6.92 Å². The maximum atomic E-state index is 12.2. The van der Waals surface area contributed by atoms with Crippen molar-refractivity contribution in [1.82, 2.24) is 14.7 Å². The molecule has 0 saturated carbocycles. The van der Waals surface area contributed by atoms with Gasteiger partial charge in [0.25, 0.3) is 0 Å². The maximum Gasteiger partial charge on any atom is 0.240 e. The lowest BCUT2D eigenvalue weighted by Crippen LogP contribution is -2.24. The van der Waals surface area contributed by atoms with Gasteiger partial charge in [-0.3, -0.25) is 0 Å². The molecule has 7 heteroatoms. The molecule has 2 N–H and O–H groups in total. The van der Waals surface area contributed by atoms with Gasteiger partial charge in [-0.1, -0.05) is 6.07 Å². The molecule has 1 aromatic heterocycles. The second-order valence-corrected chi connectivity index (χ2v) is 6.43. The molecule has 21 heavy (non-hydrogen) atoms. The van der Waals surface area contributed by atoms with Gasteiger partial charge >= 0.3 is 0 Å². The standard InChI is InChI=1S/C14H17N3O3S/c1-10-3-4-14(7-12(10)9-18)21(19,20)16-8-13-5-6-15-11(2)17-13/h3-7,16,18H,8-9H2,1-2H3. The number of sulfonamides is 1. The predicted octanol–water partition coefficient (Wildman–Crippen LogP) is 1.06. The zero-order chi connectivity index (χ0) is 15.5. The van der Waals surface area contributed by atoms with E-state index >= 15 is 0 Å². The minimum absolute atomic E-state index is 0.0913. The Bertz CT molecular complexity index is 745. The minimum Gasteiger partial charge on any atom is -0.392 e. The van der Waals surface area contributed by atoms with Gasteiger partial charge in [0.2, 0.25) is 10.0 Å². The average Bonchev–Trinajstić information content (AvgIpc) is 2.46. The molecule has 0 aliphatic heterocycles. The fourth-order valence-corrected chi connectivity index (χ4v) is 2.89. The molecule has 1 heterocycles. The van der Waals surface area contributed by atoms with Gasteiger partial charge in [-0.25, -0.2) is 23.1 Å². The average molecular weight is 307 g/mol.